The number of rotatable bonds is 14. The van der Waals surface area contributed by atoms with Gasteiger partial charge in [0, 0.05) is 6.42 Å². The van der Waals surface area contributed by atoms with E-state index in [2.05, 4.69) is 12.2 Å². The molecule has 1 aromatic carbocycles. The second-order valence-electron chi connectivity index (χ2n) is 8.44. The number of unbranched alkanes of at least 4 members (excludes halogenated alkanes) is 8. The molecule has 1 fully saturated rings. The first-order valence-corrected chi connectivity index (χ1v) is 11.8. The van der Waals surface area contributed by atoms with Crippen molar-refractivity contribution in [3.63, 3.8) is 0 Å². The molecule has 0 bridgehead atoms. The van der Waals surface area contributed by atoms with E-state index in [9.17, 15) is 25.2 Å². The number of carbonyl (C=O) groups is 1. The molecular weight excluding hydrogens is 414 g/mol. The van der Waals surface area contributed by atoms with E-state index >= 15 is 0 Å². The number of hydrogen-bond acceptors (Lipinski definition) is 7. The van der Waals surface area contributed by atoms with Crippen LogP contribution in [0, 0.1) is 0 Å². The van der Waals surface area contributed by atoms with Crippen molar-refractivity contribution in [2.45, 2.75) is 102 Å². The van der Waals surface area contributed by atoms with E-state index in [1.165, 1.54) is 38.5 Å². The Morgan fingerprint density at radius 2 is 1.56 bits per heavy atom. The molecule has 2 rings (SSSR count). The van der Waals surface area contributed by atoms with E-state index < -0.39 is 37.3 Å². The molecule has 1 aliphatic heterocycles. The third kappa shape index (κ3) is 8.33. The SMILES string of the molecule is CCCCCCCCCCCC(=O)Nc1ccccc1O[C@@H]1O[C@H](CO)[C@H](O)[C@H](O)[C@H]1O. The molecule has 0 radical (unpaired) electrons. The molecule has 8 heteroatoms. The van der Waals surface area contributed by atoms with Crippen LogP contribution in [-0.2, 0) is 9.53 Å². The van der Waals surface area contributed by atoms with Crippen LogP contribution in [0.3, 0.4) is 0 Å². The first kappa shape index (κ1) is 26.5. The monoisotopic (exact) mass is 453 g/mol. The minimum absolute atomic E-state index is 0.127. The van der Waals surface area contributed by atoms with E-state index in [1.54, 1.807) is 24.3 Å². The first-order valence-electron chi connectivity index (χ1n) is 11.8. The second-order valence-corrected chi connectivity index (χ2v) is 8.44. The predicted octanol–water partition coefficient (Wildman–Crippen LogP) is 2.72. The summed E-state index contributed by atoms with van der Waals surface area (Å²) in [5.74, 6) is 0.134. The van der Waals surface area contributed by atoms with Crippen molar-refractivity contribution in [1.29, 1.82) is 0 Å². The average Bonchev–Trinajstić information content (AvgIpc) is 2.79. The summed E-state index contributed by atoms with van der Waals surface area (Å²) in [5.41, 5.74) is 0.422. The molecule has 0 unspecified atom stereocenters. The Kier molecular flexibility index (Phi) is 12.0. The molecule has 32 heavy (non-hydrogen) atoms. The molecule has 1 aliphatic rings. The van der Waals surface area contributed by atoms with Gasteiger partial charge in [0.2, 0.25) is 12.2 Å². The number of nitrogens with one attached hydrogen (secondary N) is 1. The lowest BCUT2D eigenvalue weighted by atomic mass is 9.99. The van der Waals surface area contributed by atoms with Gasteiger partial charge in [-0.3, -0.25) is 4.79 Å². The fraction of sp³-hybridized carbons (Fsp3) is 0.708. The van der Waals surface area contributed by atoms with Gasteiger partial charge in [0.25, 0.3) is 0 Å². The lowest BCUT2D eigenvalue weighted by Gasteiger charge is -2.39. The van der Waals surface area contributed by atoms with Gasteiger partial charge in [0.1, 0.15) is 30.2 Å². The lowest BCUT2D eigenvalue weighted by Crippen LogP contribution is -2.60. The summed E-state index contributed by atoms with van der Waals surface area (Å²) in [6.07, 6.45) is 4.14. The van der Waals surface area contributed by atoms with E-state index in [4.69, 9.17) is 9.47 Å². The van der Waals surface area contributed by atoms with Crippen molar-refractivity contribution in [2.75, 3.05) is 11.9 Å². The molecule has 0 saturated carbocycles. The Labute approximate surface area is 190 Å². The van der Waals surface area contributed by atoms with Gasteiger partial charge in [0.15, 0.2) is 0 Å². The van der Waals surface area contributed by atoms with Crippen molar-refractivity contribution in [3.8, 4) is 5.75 Å². The Bertz CT molecular complexity index is 670. The maximum absolute atomic E-state index is 12.4. The zero-order valence-electron chi connectivity index (χ0n) is 19.0. The number of benzene rings is 1. The van der Waals surface area contributed by atoms with Gasteiger partial charge in [-0.2, -0.15) is 0 Å². The molecule has 182 valence electrons. The van der Waals surface area contributed by atoms with Crippen molar-refractivity contribution in [3.05, 3.63) is 24.3 Å². The standard InChI is InChI=1S/C24H39NO7/c1-2-3-4-5-6-7-8-9-10-15-20(27)25-17-13-11-12-14-18(17)31-24-23(30)22(29)21(28)19(16-26)32-24/h11-14,19,21-24,26,28-30H,2-10,15-16H2,1H3,(H,25,27)/t19-,21+,22+,23-,24-/m1/s1. The highest BCUT2D eigenvalue weighted by Gasteiger charge is 2.44. The van der Waals surface area contributed by atoms with Gasteiger partial charge >= 0.3 is 0 Å². The van der Waals surface area contributed by atoms with Crippen LogP contribution in [0.5, 0.6) is 5.75 Å². The molecular formula is C24H39NO7. The van der Waals surface area contributed by atoms with Gasteiger partial charge in [-0.05, 0) is 18.6 Å². The second kappa shape index (κ2) is 14.4. The summed E-state index contributed by atoms with van der Waals surface area (Å²) in [5, 5.41) is 42.1. The van der Waals surface area contributed by atoms with E-state index in [1.807, 2.05) is 0 Å². The van der Waals surface area contributed by atoms with Crippen molar-refractivity contribution in [2.24, 2.45) is 0 Å². The van der Waals surface area contributed by atoms with Crippen molar-refractivity contribution >= 4 is 11.6 Å². The number of aliphatic hydroxyl groups is 4. The summed E-state index contributed by atoms with van der Waals surface area (Å²) in [6, 6.07) is 6.73. The van der Waals surface area contributed by atoms with Gasteiger partial charge < -0.3 is 35.2 Å². The lowest BCUT2D eigenvalue weighted by molar-refractivity contribution is -0.277. The number of carbonyl (C=O) groups excluding carboxylic acids is 1. The number of ether oxygens (including phenoxy) is 2. The molecule has 1 heterocycles. The molecule has 0 spiro atoms. The number of anilines is 1. The third-order valence-electron chi connectivity index (χ3n) is 5.76. The maximum Gasteiger partial charge on any atom is 0.229 e. The fourth-order valence-corrected chi connectivity index (χ4v) is 3.77. The van der Waals surface area contributed by atoms with E-state index in [0.717, 1.165) is 19.3 Å². The molecule has 0 aliphatic carbocycles. The zero-order valence-corrected chi connectivity index (χ0v) is 19.0. The molecule has 5 N–H and O–H groups in total. The third-order valence-corrected chi connectivity index (χ3v) is 5.76. The summed E-state index contributed by atoms with van der Waals surface area (Å²) < 4.78 is 11.1. The van der Waals surface area contributed by atoms with Crippen LogP contribution >= 0.6 is 0 Å². The topological polar surface area (TPSA) is 128 Å². The maximum atomic E-state index is 12.4. The normalized spacial score (nSPS) is 25.5. The summed E-state index contributed by atoms with van der Waals surface area (Å²) >= 11 is 0. The van der Waals surface area contributed by atoms with Crippen LogP contribution in [-0.4, -0.2) is 63.6 Å². The predicted molar refractivity (Wildman–Crippen MR) is 121 cm³/mol. The van der Waals surface area contributed by atoms with Crippen molar-refractivity contribution < 1.29 is 34.7 Å². The van der Waals surface area contributed by atoms with E-state index in [0.29, 0.717) is 12.1 Å². The smallest absolute Gasteiger partial charge is 0.229 e. The van der Waals surface area contributed by atoms with Crippen LogP contribution in [0.25, 0.3) is 0 Å². The molecule has 8 nitrogen and oxygen atoms in total. The minimum atomic E-state index is -1.53. The molecule has 1 saturated heterocycles. The molecule has 1 aromatic rings. The Morgan fingerprint density at radius 3 is 2.22 bits per heavy atom. The summed E-state index contributed by atoms with van der Waals surface area (Å²) in [4.78, 5) is 12.4. The first-order chi connectivity index (χ1) is 15.5. The highest BCUT2D eigenvalue weighted by atomic mass is 16.7. The average molecular weight is 454 g/mol. The minimum Gasteiger partial charge on any atom is -0.460 e. The number of hydrogen-bond donors (Lipinski definition) is 5. The highest BCUT2D eigenvalue weighted by molar-refractivity contribution is 5.92. The van der Waals surface area contributed by atoms with Crippen LogP contribution in [0.1, 0.15) is 71.1 Å². The quantitative estimate of drug-likeness (QED) is 0.274. The van der Waals surface area contributed by atoms with Crippen LogP contribution in [0.4, 0.5) is 5.69 Å². The van der Waals surface area contributed by atoms with Gasteiger partial charge in [-0.15, -0.1) is 0 Å². The largest absolute Gasteiger partial charge is 0.460 e. The highest BCUT2D eigenvalue weighted by Crippen LogP contribution is 2.29. The summed E-state index contributed by atoms with van der Waals surface area (Å²) in [7, 11) is 0. The number of para-hydroxylation sites is 2. The van der Waals surface area contributed by atoms with Gasteiger partial charge in [-0.1, -0.05) is 70.4 Å². The Hall–Kier alpha value is -1.71. The van der Waals surface area contributed by atoms with Gasteiger partial charge in [0.05, 0.1) is 12.3 Å². The Balaban J connectivity index is 1.78. The van der Waals surface area contributed by atoms with Crippen LogP contribution < -0.4 is 10.1 Å². The Morgan fingerprint density at radius 1 is 0.938 bits per heavy atom. The fourth-order valence-electron chi connectivity index (χ4n) is 3.77. The number of amides is 1. The van der Waals surface area contributed by atoms with E-state index in [-0.39, 0.29) is 11.7 Å². The zero-order chi connectivity index (χ0) is 23.3. The van der Waals surface area contributed by atoms with Crippen molar-refractivity contribution in [1.82, 2.24) is 0 Å². The number of aliphatic hydroxyl groups excluding tert-OH is 4. The molecule has 0 aromatic heterocycles. The van der Waals surface area contributed by atoms with Crippen LogP contribution in [0.2, 0.25) is 0 Å². The summed E-state index contributed by atoms with van der Waals surface area (Å²) in [6.45, 7) is 1.67. The van der Waals surface area contributed by atoms with Crippen LogP contribution in [0.15, 0.2) is 24.3 Å². The molecule has 5 atom stereocenters. The molecule has 1 amide bonds. The van der Waals surface area contributed by atoms with Gasteiger partial charge in [-0.25, -0.2) is 0 Å².